The summed E-state index contributed by atoms with van der Waals surface area (Å²) in [7, 11) is 0. The van der Waals surface area contributed by atoms with Crippen LogP contribution < -0.4 is 15.7 Å². The molecule has 0 radical (unpaired) electrons. The van der Waals surface area contributed by atoms with Gasteiger partial charge in [-0.2, -0.15) is 0 Å². The lowest BCUT2D eigenvalue weighted by Gasteiger charge is -2.11. The first kappa shape index (κ1) is 23.1. The molecule has 7 nitrogen and oxygen atoms in total. The molecule has 3 aromatic rings. The Hall–Kier alpha value is -3.61. The van der Waals surface area contributed by atoms with Crippen LogP contribution in [-0.2, 0) is 20.7 Å². The third-order valence-corrected chi connectivity index (χ3v) is 5.02. The van der Waals surface area contributed by atoms with Gasteiger partial charge in [0.05, 0.1) is 6.61 Å². The first-order valence-electron chi connectivity index (χ1n) is 10.5. The minimum Gasteiger partial charge on any atom is -0.484 e. The molecule has 0 atom stereocenters. The van der Waals surface area contributed by atoms with Gasteiger partial charge in [0.2, 0.25) is 0 Å². The van der Waals surface area contributed by atoms with E-state index in [1.54, 1.807) is 25.1 Å². The average molecular weight is 437 g/mol. The first-order chi connectivity index (χ1) is 15.3. The summed E-state index contributed by atoms with van der Waals surface area (Å²) in [5, 5.41) is 3.56. The summed E-state index contributed by atoms with van der Waals surface area (Å²) in [5.41, 5.74) is 3.90. The second-order valence-corrected chi connectivity index (χ2v) is 7.67. The van der Waals surface area contributed by atoms with Crippen LogP contribution in [0.3, 0.4) is 0 Å². The van der Waals surface area contributed by atoms with Crippen LogP contribution in [0.15, 0.2) is 45.6 Å². The van der Waals surface area contributed by atoms with E-state index in [0.29, 0.717) is 29.2 Å². The molecule has 0 aliphatic carbocycles. The van der Waals surface area contributed by atoms with E-state index in [9.17, 15) is 14.4 Å². The van der Waals surface area contributed by atoms with Gasteiger partial charge in [0.15, 0.2) is 6.61 Å². The van der Waals surface area contributed by atoms with E-state index in [0.717, 1.165) is 22.1 Å². The van der Waals surface area contributed by atoms with Crippen molar-refractivity contribution in [2.24, 2.45) is 0 Å². The maximum absolute atomic E-state index is 12.4. The molecular formula is C25H27NO6. The molecule has 1 heterocycles. The van der Waals surface area contributed by atoms with Gasteiger partial charge in [-0.1, -0.05) is 6.07 Å². The number of fused-ring (bicyclic) bond motifs is 1. The SMILES string of the molecule is CCOC(=O)CCc1c(C)c2ccc(OCC(=O)Nc3cc(C)cc(C)c3)cc2oc1=O. The maximum atomic E-state index is 12.4. The fourth-order valence-corrected chi connectivity index (χ4v) is 3.61. The van der Waals surface area contributed by atoms with Gasteiger partial charge < -0.3 is 19.2 Å². The van der Waals surface area contributed by atoms with Gasteiger partial charge in [-0.15, -0.1) is 0 Å². The molecule has 1 N–H and O–H groups in total. The van der Waals surface area contributed by atoms with Gasteiger partial charge in [0.25, 0.3) is 5.91 Å². The number of aryl methyl sites for hydroxylation is 3. The standard InChI is InChI=1S/C25H27NO6/c1-5-30-24(28)9-8-21-17(4)20-7-6-19(13-22(20)32-25(21)29)31-14-23(27)26-18-11-15(2)10-16(3)12-18/h6-7,10-13H,5,8-9,14H2,1-4H3,(H,26,27). The van der Waals surface area contributed by atoms with Crippen LogP contribution in [-0.4, -0.2) is 25.1 Å². The van der Waals surface area contributed by atoms with Gasteiger partial charge in [-0.3, -0.25) is 9.59 Å². The number of carbonyl (C=O) groups is 2. The molecule has 0 aliphatic heterocycles. The van der Waals surface area contributed by atoms with Gasteiger partial charge in [0, 0.05) is 29.1 Å². The Balaban J connectivity index is 1.69. The maximum Gasteiger partial charge on any atom is 0.339 e. The molecule has 0 saturated carbocycles. The topological polar surface area (TPSA) is 94.8 Å². The largest absolute Gasteiger partial charge is 0.484 e. The van der Waals surface area contributed by atoms with Gasteiger partial charge in [0.1, 0.15) is 11.3 Å². The number of hydrogen-bond donors (Lipinski definition) is 1. The molecule has 0 aliphatic rings. The molecule has 32 heavy (non-hydrogen) atoms. The quantitative estimate of drug-likeness (QED) is 0.419. The number of anilines is 1. The predicted octanol–water partition coefficient (Wildman–Crippen LogP) is 4.23. The number of amides is 1. The Kier molecular flexibility index (Phi) is 7.30. The van der Waals surface area contributed by atoms with E-state index in [-0.39, 0.29) is 31.3 Å². The molecule has 0 fully saturated rings. The van der Waals surface area contributed by atoms with Gasteiger partial charge >= 0.3 is 11.6 Å². The summed E-state index contributed by atoms with van der Waals surface area (Å²) in [6.07, 6.45) is 0.363. The van der Waals surface area contributed by atoms with Crippen molar-refractivity contribution in [1.82, 2.24) is 0 Å². The lowest BCUT2D eigenvalue weighted by Crippen LogP contribution is -2.20. The van der Waals surface area contributed by atoms with Crippen molar-refractivity contribution < 1.29 is 23.5 Å². The van der Waals surface area contributed by atoms with E-state index in [1.807, 2.05) is 39.0 Å². The number of nitrogens with one attached hydrogen (secondary N) is 1. The van der Waals surface area contributed by atoms with Crippen LogP contribution in [0.5, 0.6) is 5.75 Å². The summed E-state index contributed by atoms with van der Waals surface area (Å²) < 4.78 is 16.0. The van der Waals surface area contributed by atoms with Crippen LogP contribution >= 0.6 is 0 Å². The smallest absolute Gasteiger partial charge is 0.339 e. The van der Waals surface area contributed by atoms with Crippen LogP contribution in [0.1, 0.15) is 35.6 Å². The number of ether oxygens (including phenoxy) is 2. The zero-order valence-electron chi connectivity index (χ0n) is 18.7. The summed E-state index contributed by atoms with van der Waals surface area (Å²) in [4.78, 5) is 36.3. The normalized spacial score (nSPS) is 10.8. The fourth-order valence-electron chi connectivity index (χ4n) is 3.61. The summed E-state index contributed by atoms with van der Waals surface area (Å²) in [6, 6.07) is 10.9. The van der Waals surface area contributed by atoms with Crippen LogP contribution in [0, 0.1) is 20.8 Å². The number of esters is 1. The van der Waals surface area contributed by atoms with E-state index in [2.05, 4.69) is 5.32 Å². The lowest BCUT2D eigenvalue weighted by molar-refractivity contribution is -0.143. The first-order valence-corrected chi connectivity index (χ1v) is 10.5. The Labute approximate surface area is 186 Å². The van der Waals surface area contributed by atoms with E-state index >= 15 is 0 Å². The lowest BCUT2D eigenvalue weighted by atomic mass is 10.0. The highest BCUT2D eigenvalue weighted by atomic mass is 16.5. The van der Waals surface area contributed by atoms with E-state index in [4.69, 9.17) is 13.9 Å². The number of carbonyl (C=O) groups excluding carboxylic acids is 2. The molecule has 0 bridgehead atoms. The van der Waals surface area contributed by atoms with Crippen LogP contribution in [0.4, 0.5) is 5.69 Å². The van der Waals surface area contributed by atoms with Crippen molar-refractivity contribution in [1.29, 1.82) is 0 Å². The van der Waals surface area contributed by atoms with Crippen LogP contribution in [0.25, 0.3) is 11.0 Å². The van der Waals surface area contributed by atoms with Crippen molar-refractivity contribution >= 4 is 28.5 Å². The minimum absolute atomic E-state index is 0.113. The molecule has 1 aromatic heterocycles. The van der Waals surface area contributed by atoms with Crippen molar-refractivity contribution in [3.63, 3.8) is 0 Å². The number of benzene rings is 2. The molecule has 168 valence electrons. The molecule has 1 amide bonds. The van der Waals surface area contributed by atoms with E-state index in [1.165, 1.54) is 0 Å². The Morgan fingerprint density at radius 1 is 1.03 bits per heavy atom. The average Bonchev–Trinajstić information content (AvgIpc) is 2.71. The zero-order valence-corrected chi connectivity index (χ0v) is 18.7. The van der Waals surface area contributed by atoms with E-state index < -0.39 is 5.63 Å². The summed E-state index contributed by atoms with van der Waals surface area (Å²) in [5.74, 6) is -0.230. The highest BCUT2D eigenvalue weighted by molar-refractivity contribution is 5.92. The zero-order chi connectivity index (χ0) is 23.3. The van der Waals surface area contributed by atoms with Gasteiger partial charge in [-0.25, -0.2) is 4.79 Å². The molecule has 7 heteroatoms. The van der Waals surface area contributed by atoms with Crippen molar-refractivity contribution in [2.45, 2.75) is 40.5 Å². The summed E-state index contributed by atoms with van der Waals surface area (Å²) >= 11 is 0. The Morgan fingerprint density at radius 2 is 1.75 bits per heavy atom. The predicted molar refractivity (Wildman–Crippen MR) is 122 cm³/mol. The molecular weight excluding hydrogens is 410 g/mol. The highest BCUT2D eigenvalue weighted by Crippen LogP contribution is 2.25. The second-order valence-electron chi connectivity index (χ2n) is 7.67. The molecule has 0 spiro atoms. The van der Waals surface area contributed by atoms with Crippen molar-refractivity contribution in [3.05, 3.63) is 69.1 Å². The monoisotopic (exact) mass is 437 g/mol. The Bertz CT molecular complexity index is 1190. The number of rotatable bonds is 8. The van der Waals surface area contributed by atoms with Gasteiger partial charge in [-0.05, 0) is 75.1 Å². The highest BCUT2D eigenvalue weighted by Gasteiger charge is 2.14. The fraction of sp³-hybridized carbons (Fsp3) is 0.320. The number of hydrogen-bond acceptors (Lipinski definition) is 6. The second kappa shape index (κ2) is 10.1. The third kappa shape index (κ3) is 5.75. The van der Waals surface area contributed by atoms with Crippen molar-refractivity contribution in [3.8, 4) is 5.75 Å². The molecule has 2 aromatic carbocycles. The molecule has 0 unspecified atom stereocenters. The molecule has 3 rings (SSSR count). The van der Waals surface area contributed by atoms with Crippen LogP contribution in [0.2, 0.25) is 0 Å². The Morgan fingerprint density at radius 3 is 2.44 bits per heavy atom. The minimum atomic E-state index is -0.496. The molecule has 0 saturated heterocycles. The summed E-state index contributed by atoms with van der Waals surface area (Å²) in [6.45, 7) is 7.60. The third-order valence-electron chi connectivity index (χ3n) is 5.02. The van der Waals surface area contributed by atoms with Crippen molar-refractivity contribution in [2.75, 3.05) is 18.5 Å².